The average molecular weight is 120 g/mol. The zero-order valence-corrected chi connectivity index (χ0v) is 3.87. The largest absolute Gasteiger partial charge is 0.388 e. The van der Waals surface area contributed by atoms with Crippen molar-refractivity contribution in [2.75, 3.05) is 13.2 Å². The van der Waals surface area contributed by atoms with E-state index in [0.717, 1.165) is 0 Å². The number of hydrogen-bond donors (Lipinski definition) is 2. The summed E-state index contributed by atoms with van der Waals surface area (Å²) in [6.45, 7) is 0.558. The van der Waals surface area contributed by atoms with Gasteiger partial charge in [-0.15, -0.1) is 0 Å². The molecule has 2 unspecified atom stereocenters. The van der Waals surface area contributed by atoms with Crippen LogP contribution in [0.3, 0.4) is 0 Å². The summed E-state index contributed by atoms with van der Waals surface area (Å²) in [5.41, 5.74) is 0. The predicted octanol–water partition coefficient (Wildman–Crippen LogP) is -0.626. The van der Waals surface area contributed by atoms with Crippen molar-refractivity contribution >= 4 is 0 Å². The fraction of sp³-hybridized carbons (Fsp3) is 1.00. The number of ether oxygens (including phenoxy) is 1. The second kappa shape index (κ2) is 3.02. The molecule has 0 aromatic carbocycles. The summed E-state index contributed by atoms with van der Waals surface area (Å²) in [6.07, 6.45) is -1.31. The van der Waals surface area contributed by atoms with Gasteiger partial charge in [-0.05, 0) is 0 Å². The molecule has 0 radical (unpaired) electrons. The first-order chi connectivity index (χ1) is 3.30. The third-order valence-corrected chi connectivity index (χ3v) is 1.02. The molecule has 2 N–H and O–H groups in total. The fourth-order valence-corrected chi connectivity index (χ4v) is 0.532. The van der Waals surface area contributed by atoms with Crippen molar-refractivity contribution in [3.8, 4) is 0 Å². The maximum Gasteiger partial charge on any atom is 0.105 e. The highest BCUT2D eigenvalue weighted by Gasteiger charge is 2.22. The number of hydrogen-bond acceptors (Lipinski definition) is 3. The lowest BCUT2D eigenvalue weighted by molar-refractivity contribution is 0.0572. The summed E-state index contributed by atoms with van der Waals surface area (Å²) in [5, 5.41) is 17.2. The Labute approximate surface area is 48.9 Å². The Hall–Kier alpha value is -0.120. The predicted molar refractivity (Wildman–Crippen MR) is 29.6 cm³/mol. The topological polar surface area (TPSA) is 49.7 Å². The highest BCUT2D eigenvalue weighted by molar-refractivity contribution is 4.71. The quantitative estimate of drug-likeness (QED) is 0.447. The monoisotopic (exact) mass is 120 g/mol. The minimum atomic E-state index is -0.653. The Morgan fingerprint density at radius 1 is 1.12 bits per heavy atom. The molecule has 1 aliphatic rings. The summed E-state index contributed by atoms with van der Waals surface area (Å²) < 4.78 is 4.67. The van der Waals surface area contributed by atoms with E-state index in [1.807, 2.05) is 0 Å². The van der Waals surface area contributed by atoms with E-state index in [1.54, 1.807) is 0 Å². The molecule has 0 amide bonds. The summed E-state index contributed by atoms with van der Waals surface area (Å²) in [5.74, 6) is 0. The highest BCUT2D eigenvalue weighted by Crippen LogP contribution is 2.02. The van der Waals surface area contributed by atoms with E-state index in [-0.39, 0.29) is 20.6 Å². The molecule has 0 aromatic heterocycles. The van der Waals surface area contributed by atoms with Crippen LogP contribution in [0.25, 0.3) is 0 Å². The Bertz CT molecular complexity index is 56.7. The Kier molecular flexibility index (Phi) is 2.97. The molecule has 0 aromatic rings. The number of aliphatic hydroxyl groups excluding tert-OH is 2. The van der Waals surface area contributed by atoms with Crippen LogP contribution in [-0.4, -0.2) is 35.6 Å². The molecule has 0 spiro atoms. The van der Waals surface area contributed by atoms with Gasteiger partial charge in [0.25, 0.3) is 0 Å². The second-order valence-electron chi connectivity index (χ2n) is 1.67. The van der Waals surface area contributed by atoms with Crippen LogP contribution >= 0.6 is 0 Å². The summed E-state index contributed by atoms with van der Waals surface area (Å²) in [4.78, 5) is 0. The lowest BCUT2D eigenvalue weighted by Crippen LogP contribution is -2.22. The number of rotatable bonds is 0. The van der Waals surface area contributed by atoms with Crippen molar-refractivity contribution in [3.63, 3.8) is 0 Å². The SMILES string of the molecule is C.OC1COCC1O. The van der Waals surface area contributed by atoms with E-state index in [4.69, 9.17) is 10.2 Å². The Balaban J connectivity index is 0.000000490. The molecule has 2 atom stereocenters. The number of aliphatic hydroxyl groups is 2. The molecule has 1 saturated heterocycles. The van der Waals surface area contributed by atoms with E-state index in [0.29, 0.717) is 0 Å². The third-order valence-electron chi connectivity index (χ3n) is 1.02. The van der Waals surface area contributed by atoms with Gasteiger partial charge in [-0.25, -0.2) is 0 Å². The van der Waals surface area contributed by atoms with E-state index >= 15 is 0 Å². The van der Waals surface area contributed by atoms with Gasteiger partial charge < -0.3 is 14.9 Å². The molecule has 0 saturated carbocycles. The zero-order valence-electron chi connectivity index (χ0n) is 3.87. The van der Waals surface area contributed by atoms with Crippen LogP contribution in [0.5, 0.6) is 0 Å². The van der Waals surface area contributed by atoms with E-state index in [1.165, 1.54) is 0 Å². The van der Waals surface area contributed by atoms with Crippen molar-refractivity contribution in [1.29, 1.82) is 0 Å². The third kappa shape index (κ3) is 1.43. The van der Waals surface area contributed by atoms with Gasteiger partial charge >= 0.3 is 0 Å². The van der Waals surface area contributed by atoms with Gasteiger partial charge in [0, 0.05) is 0 Å². The first-order valence-corrected chi connectivity index (χ1v) is 2.24. The molecule has 0 bridgehead atoms. The smallest absolute Gasteiger partial charge is 0.105 e. The van der Waals surface area contributed by atoms with Crippen LogP contribution in [0.15, 0.2) is 0 Å². The molecule has 1 rings (SSSR count). The molecule has 50 valence electrons. The van der Waals surface area contributed by atoms with E-state index < -0.39 is 12.2 Å². The Morgan fingerprint density at radius 3 is 1.62 bits per heavy atom. The standard InChI is InChI=1S/C4H8O3.CH4/c5-3-1-7-2-4(3)6;/h3-6H,1-2H2;1H4. The first kappa shape index (κ1) is 7.88. The molecular weight excluding hydrogens is 108 g/mol. The van der Waals surface area contributed by atoms with Gasteiger partial charge in [0.15, 0.2) is 0 Å². The van der Waals surface area contributed by atoms with E-state index in [9.17, 15) is 0 Å². The average Bonchev–Trinajstić information content (AvgIpc) is 1.91. The van der Waals surface area contributed by atoms with Gasteiger partial charge in [0.2, 0.25) is 0 Å². The minimum absolute atomic E-state index is 0. The molecule has 1 aliphatic heterocycles. The normalized spacial score (nSPS) is 36.8. The lowest BCUT2D eigenvalue weighted by atomic mass is 10.3. The van der Waals surface area contributed by atoms with Gasteiger partial charge in [-0.2, -0.15) is 0 Å². The van der Waals surface area contributed by atoms with Gasteiger partial charge in [0.05, 0.1) is 13.2 Å². The van der Waals surface area contributed by atoms with Gasteiger partial charge in [0.1, 0.15) is 12.2 Å². The van der Waals surface area contributed by atoms with Crippen LogP contribution in [0, 0.1) is 0 Å². The van der Waals surface area contributed by atoms with Crippen molar-refractivity contribution in [1.82, 2.24) is 0 Å². The van der Waals surface area contributed by atoms with E-state index in [2.05, 4.69) is 4.74 Å². The lowest BCUT2D eigenvalue weighted by Gasteiger charge is -2.00. The maximum absolute atomic E-state index is 8.62. The molecule has 3 nitrogen and oxygen atoms in total. The Morgan fingerprint density at radius 2 is 1.50 bits per heavy atom. The van der Waals surface area contributed by atoms with Crippen LogP contribution in [0.2, 0.25) is 0 Å². The molecule has 8 heavy (non-hydrogen) atoms. The zero-order chi connectivity index (χ0) is 5.28. The van der Waals surface area contributed by atoms with Crippen molar-refractivity contribution in [2.24, 2.45) is 0 Å². The van der Waals surface area contributed by atoms with Crippen molar-refractivity contribution < 1.29 is 14.9 Å². The fourth-order valence-electron chi connectivity index (χ4n) is 0.532. The maximum atomic E-state index is 8.62. The van der Waals surface area contributed by atoms with Crippen LogP contribution in [-0.2, 0) is 4.74 Å². The first-order valence-electron chi connectivity index (χ1n) is 2.24. The van der Waals surface area contributed by atoms with Crippen molar-refractivity contribution in [3.05, 3.63) is 0 Å². The van der Waals surface area contributed by atoms with Crippen molar-refractivity contribution in [2.45, 2.75) is 19.6 Å². The highest BCUT2D eigenvalue weighted by atomic mass is 16.5. The molecule has 1 fully saturated rings. The van der Waals surface area contributed by atoms with Gasteiger partial charge in [-0.3, -0.25) is 0 Å². The molecule has 0 aliphatic carbocycles. The van der Waals surface area contributed by atoms with Gasteiger partial charge in [-0.1, -0.05) is 7.43 Å². The van der Waals surface area contributed by atoms with Crippen LogP contribution in [0.4, 0.5) is 0 Å². The molecule has 3 heteroatoms. The summed E-state index contributed by atoms with van der Waals surface area (Å²) >= 11 is 0. The molecular formula is C5H12O3. The summed E-state index contributed by atoms with van der Waals surface area (Å²) in [7, 11) is 0. The van der Waals surface area contributed by atoms with Crippen LogP contribution in [0.1, 0.15) is 7.43 Å². The molecule has 1 heterocycles. The summed E-state index contributed by atoms with van der Waals surface area (Å²) in [6, 6.07) is 0. The minimum Gasteiger partial charge on any atom is -0.388 e. The van der Waals surface area contributed by atoms with Crippen LogP contribution < -0.4 is 0 Å². The second-order valence-corrected chi connectivity index (χ2v) is 1.67.